The van der Waals surface area contributed by atoms with Gasteiger partial charge in [0.15, 0.2) is 0 Å². The van der Waals surface area contributed by atoms with Gasteiger partial charge in [-0.3, -0.25) is 4.79 Å². The molecule has 0 spiro atoms. The quantitative estimate of drug-likeness (QED) is 0.672. The van der Waals surface area contributed by atoms with Crippen molar-refractivity contribution >= 4 is 23.5 Å². The van der Waals surface area contributed by atoms with Crippen molar-refractivity contribution < 1.29 is 14.3 Å². The molecule has 0 radical (unpaired) electrons. The predicted molar refractivity (Wildman–Crippen MR) is 114 cm³/mol. The molecule has 4 rings (SSSR count). The molecular formula is C22H27ClN4O3. The summed E-state index contributed by atoms with van der Waals surface area (Å²) < 4.78 is 11.8. The van der Waals surface area contributed by atoms with Crippen LogP contribution in [0.15, 0.2) is 42.7 Å². The lowest BCUT2D eigenvalue weighted by molar-refractivity contribution is -0.134. The molecule has 2 saturated heterocycles. The number of rotatable bonds is 7. The number of amides is 1. The lowest BCUT2D eigenvalue weighted by atomic mass is 10.1. The van der Waals surface area contributed by atoms with Gasteiger partial charge in [-0.1, -0.05) is 41.9 Å². The van der Waals surface area contributed by atoms with E-state index in [4.69, 9.17) is 21.1 Å². The fourth-order valence-corrected chi connectivity index (χ4v) is 3.98. The number of piperazine rings is 1. The first-order chi connectivity index (χ1) is 14.7. The van der Waals surface area contributed by atoms with Crippen LogP contribution in [0.25, 0.3) is 0 Å². The monoisotopic (exact) mass is 430 g/mol. The number of hydrogen-bond acceptors (Lipinski definition) is 6. The van der Waals surface area contributed by atoms with Crippen LogP contribution in [0.1, 0.15) is 24.8 Å². The van der Waals surface area contributed by atoms with E-state index in [-0.39, 0.29) is 18.1 Å². The summed E-state index contributed by atoms with van der Waals surface area (Å²) in [6, 6.07) is 10.1. The summed E-state index contributed by atoms with van der Waals surface area (Å²) in [6.07, 6.45) is 5.54. The van der Waals surface area contributed by atoms with Crippen LogP contribution in [0, 0.1) is 0 Å². The molecule has 1 aromatic heterocycles. The van der Waals surface area contributed by atoms with E-state index in [0.717, 1.165) is 31.5 Å². The fraction of sp³-hybridized carbons (Fsp3) is 0.500. The van der Waals surface area contributed by atoms with Crippen molar-refractivity contribution in [1.29, 1.82) is 0 Å². The minimum Gasteiger partial charge on any atom is -0.374 e. The summed E-state index contributed by atoms with van der Waals surface area (Å²) in [6.45, 7) is 3.93. The van der Waals surface area contributed by atoms with Gasteiger partial charge in [0.05, 0.1) is 49.3 Å². The zero-order valence-corrected chi connectivity index (χ0v) is 17.7. The SMILES string of the molecule is O=C(CC1CCC(COCc2ccccc2)O1)N1CCN(c2ncc(Cl)cn2)CC1. The molecule has 2 aliphatic rings. The van der Waals surface area contributed by atoms with Crippen LogP contribution in [0.4, 0.5) is 5.95 Å². The number of nitrogens with zero attached hydrogens (tertiary/aromatic N) is 4. The number of aromatic nitrogens is 2. The lowest BCUT2D eigenvalue weighted by Gasteiger charge is -2.35. The number of halogens is 1. The van der Waals surface area contributed by atoms with Gasteiger partial charge in [-0.25, -0.2) is 9.97 Å². The molecule has 3 heterocycles. The molecule has 8 heteroatoms. The number of carbonyl (C=O) groups excluding carboxylic acids is 1. The zero-order chi connectivity index (χ0) is 20.8. The maximum absolute atomic E-state index is 12.7. The van der Waals surface area contributed by atoms with E-state index in [1.165, 1.54) is 0 Å². The van der Waals surface area contributed by atoms with Crippen LogP contribution in [0.3, 0.4) is 0 Å². The van der Waals surface area contributed by atoms with Crippen LogP contribution < -0.4 is 4.90 Å². The maximum atomic E-state index is 12.7. The Morgan fingerprint density at radius 1 is 1.07 bits per heavy atom. The molecule has 2 fully saturated rings. The second-order valence-electron chi connectivity index (χ2n) is 7.73. The molecule has 0 saturated carbocycles. The van der Waals surface area contributed by atoms with Crippen LogP contribution in [-0.4, -0.2) is 65.8 Å². The van der Waals surface area contributed by atoms with E-state index in [1.807, 2.05) is 23.1 Å². The Morgan fingerprint density at radius 3 is 2.50 bits per heavy atom. The Labute approximate surface area is 182 Å². The van der Waals surface area contributed by atoms with Crippen LogP contribution >= 0.6 is 11.6 Å². The average Bonchev–Trinajstić information content (AvgIpc) is 3.22. The summed E-state index contributed by atoms with van der Waals surface area (Å²) in [5, 5.41) is 0.521. The molecule has 2 atom stereocenters. The Bertz CT molecular complexity index is 813. The van der Waals surface area contributed by atoms with Crippen molar-refractivity contribution in [3.8, 4) is 0 Å². The van der Waals surface area contributed by atoms with E-state index in [2.05, 4.69) is 27.0 Å². The third-order valence-electron chi connectivity index (χ3n) is 5.54. The van der Waals surface area contributed by atoms with Gasteiger partial charge < -0.3 is 19.3 Å². The second kappa shape index (κ2) is 10.2. The van der Waals surface area contributed by atoms with Crippen molar-refractivity contribution in [2.24, 2.45) is 0 Å². The third-order valence-corrected chi connectivity index (χ3v) is 5.73. The molecule has 1 aromatic carbocycles. The van der Waals surface area contributed by atoms with Crippen LogP contribution in [-0.2, 0) is 20.9 Å². The topological polar surface area (TPSA) is 67.8 Å². The summed E-state index contributed by atoms with van der Waals surface area (Å²) >= 11 is 5.85. The minimum atomic E-state index is -0.0135. The highest BCUT2D eigenvalue weighted by molar-refractivity contribution is 6.30. The maximum Gasteiger partial charge on any atom is 0.225 e. The van der Waals surface area contributed by atoms with Crippen LogP contribution in [0.2, 0.25) is 5.02 Å². The number of ether oxygens (including phenoxy) is 2. The zero-order valence-electron chi connectivity index (χ0n) is 17.0. The van der Waals surface area contributed by atoms with Crippen molar-refractivity contribution in [2.45, 2.75) is 38.1 Å². The van der Waals surface area contributed by atoms with Crippen molar-refractivity contribution in [1.82, 2.24) is 14.9 Å². The lowest BCUT2D eigenvalue weighted by Crippen LogP contribution is -2.49. The van der Waals surface area contributed by atoms with Gasteiger partial charge in [0.25, 0.3) is 0 Å². The molecule has 2 unspecified atom stereocenters. The van der Waals surface area contributed by atoms with Gasteiger partial charge in [0.2, 0.25) is 11.9 Å². The van der Waals surface area contributed by atoms with Crippen molar-refractivity contribution in [2.75, 3.05) is 37.7 Å². The Morgan fingerprint density at radius 2 is 1.77 bits per heavy atom. The predicted octanol–water partition coefficient (Wildman–Crippen LogP) is 2.93. The summed E-state index contributed by atoms with van der Waals surface area (Å²) in [5.41, 5.74) is 1.16. The third kappa shape index (κ3) is 5.68. The molecule has 30 heavy (non-hydrogen) atoms. The number of benzene rings is 1. The Kier molecular flexibility index (Phi) is 7.15. The molecule has 1 amide bonds. The van der Waals surface area contributed by atoms with E-state index in [9.17, 15) is 4.79 Å². The molecule has 0 N–H and O–H groups in total. The summed E-state index contributed by atoms with van der Waals surface area (Å²) in [5.74, 6) is 0.812. The molecular weight excluding hydrogens is 404 g/mol. The first-order valence-electron chi connectivity index (χ1n) is 10.4. The largest absolute Gasteiger partial charge is 0.374 e. The number of anilines is 1. The van der Waals surface area contributed by atoms with E-state index in [0.29, 0.717) is 43.7 Å². The Balaban J connectivity index is 1.15. The standard InChI is InChI=1S/C22H27ClN4O3/c23-18-13-24-22(25-14-18)27-10-8-26(9-11-27)21(28)12-19-6-7-20(30-19)16-29-15-17-4-2-1-3-5-17/h1-5,13-14,19-20H,6-12,15-16H2. The molecule has 0 aliphatic carbocycles. The normalized spacial score (nSPS) is 21.8. The van der Waals surface area contributed by atoms with E-state index >= 15 is 0 Å². The Hall–Kier alpha value is -2.22. The average molecular weight is 431 g/mol. The highest BCUT2D eigenvalue weighted by Gasteiger charge is 2.30. The fourth-order valence-electron chi connectivity index (χ4n) is 3.88. The van der Waals surface area contributed by atoms with Crippen molar-refractivity contribution in [3.63, 3.8) is 0 Å². The van der Waals surface area contributed by atoms with Crippen LogP contribution in [0.5, 0.6) is 0 Å². The first kappa shape index (κ1) is 21.0. The smallest absolute Gasteiger partial charge is 0.225 e. The highest BCUT2D eigenvalue weighted by atomic mass is 35.5. The second-order valence-corrected chi connectivity index (χ2v) is 8.17. The highest BCUT2D eigenvalue weighted by Crippen LogP contribution is 2.24. The molecule has 0 bridgehead atoms. The molecule has 160 valence electrons. The van der Waals surface area contributed by atoms with Gasteiger partial charge in [0, 0.05) is 26.2 Å². The summed E-state index contributed by atoms with van der Waals surface area (Å²) in [7, 11) is 0. The van der Waals surface area contributed by atoms with E-state index in [1.54, 1.807) is 12.4 Å². The molecule has 7 nitrogen and oxygen atoms in total. The van der Waals surface area contributed by atoms with Gasteiger partial charge in [-0.05, 0) is 18.4 Å². The van der Waals surface area contributed by atoms with Gasteiger partial charge in [0.1, 0.15) is 0 Å². The van der Waals surface area contributed by atoms with E-state index < -0.39 is 0 Å². The molecule has 2 aromatic rings. The number of hydrogen-bond donors (Lipinski definition) is 0. The summed E-state index contributed by atoms with van der Waals surface area (Å²) in [4.78, 5) is 25.2. The van der Waals surface area contributed by atoms with Crippen molar-refractivity contribution in [3.05, 3.63) is 53.3 Å². The van der Waals surface area contributed by atoms with Gasteiger partial charge >= 0.3 is 0 Å². The van der Waals surface area contributed by atoms with Gasteiger partial charge in [-0.15, -0.1) is 0 Å². The first-order valence-corrected chi connectivity index (χ1v) is 10.8. The number of carbonyl (C=O) groups is 1. The molecule has 2 aliphatic heterocycles. The van der Waals surface area contributed by atoms with Gasteiger partial charge in [-0.2, -0.15) is 0 Å². The minimum absolute atomic E-state index is 0.0135.